The van der Waals surface area contributed by atoms with Crippen molar-refractivity contribution < 1.29 is 14.3 Å². The van der Waals surface area contributed by atoms with Crippen LogP contribution in [-0.2, 0) is 4.79 Å². The van der Waals surface area contributed by atoms with E-state index in [1.54, 1.807) is 26.0 Å². The van der Waals surface area contributed by atoms with Crippen LogP contribution in [0.25, 0.3) is 0 Å². The summed E-state index contributed by atoms with van der Waals surface area (Å²) in [7, 11) is 1.88. The molecule has 1 N–H and O–H groups in total. The van der Waals surface area contributed by atoms with Gasteiger partial charge >= 0.3 is 5.97 Å². The minimum Gasteiger partial charge on any atom is -0.481 e. The molecule has 1 unspecified atom stereocenters. The highest BCUT2D eigenvalue weighted by Gasteiger charge is 2.12. The van der Waals surface area contributed by atoms with Crippen molar-refractivity contribution in [3.8, 4) is 0 Å². The Kier molecular flexibility index (Phi) is 4.49. The van der Waals surface area contributed by atoms with E-state index in [4.69, 9.17) is 5.11 Å². The molecule has 0 bridgehead atoms. The van der Waals surface area contributed by atoms with Gasteiger partial charge in [-0.05, 0) is 37.1 Å². The number of carboxylic acids is 1. The molecule has 0 saturated heterocycles. The van der Waals surface area contributed by atoms with Crippen LogP contribution >= 0.6 is 0 Å². The quantitative estimate of drug-likeness (QED) is 0.858. The number of nitrogens with zero attached hydrogens (tertiary/aromatic N) is 1. The van der Waals surface area contributed by atoms with Gasteiger partial charge in [0.25, 0.3) is 0 Å². The summed E-state index contributed by atoms with van der Waals surface area (Å²) >= 11 is 0. The fourth-order valence-electron chi connectivity index (χ4n) is 1.51. The van der Waals surface area contributed by atoms with Crippen LogP contribution in [0.1, 0.15) is 18.9 Å². The minimum absolute atomic E-state index is 0.221. The van der Waals surface area contributed by atoms with Crippen LogP contribution in [0.4, 0.5) is 10.1 Å². The van der Waals surface area contributed by atoms with Gasteiger partial charge in [0.2, 0.25) is 0 Å². The summed E-state index contributed by atoms with van der Waals surface area (Å²) in [6.45, 7) is 4.04. The highest BCUT2D eigenvalue weighted by atomic mass is 19.1. The predicted molar refractivity (Wildman–Crippen MR) is 65.8 cm³/mol. The van der Waals surface area contributed by atoms with E-state index in [0.29, 0.717) is 18.5 Å². The largest absolute Gasteiger partial charge is 0.481 e. The molecule has 0 aliphatic carbocycles. The Bertz CT molecular complexity index is 406. The fourth-order valence-corrected chi connectivity index (χ4v) is 1.51. The Morgan fingerprint density at radius 1 is 1.53 bits per heavy atom. The van der Waals surface area contributed by atoms with Gasteiger partial charge < -0.3 is 10.0 Å². The first-order chi connectivity index (χ1) is 7.91. The Balaban J connectivity index is 2.60. The summed E-state index contributed by atoms with van der Waals surface area (Å²) in [5.74, 6) is -1.37. The molecule has 0 spiro atoms. The van der Waals surface area contributed by atoms with E-state index in [2.05, 4.69) is 0 Å². The first-order valence-corrected chi connectivity index (χ1v) is 5.62. The third kappa shape index (κ3) is 3.73. The molecule has 1 rings (SSSR count). The first kappa shape index (κ1) is 13.5. The van der Waals surface area contributed by atoms with Crippen molar-refractivity contribution >= 4 is 11.7 Å². The molecule has 1 aromatic rings. The number of carboxylic acid groups (broad SMARTS) is 1. The van der Waals surface area contributed by atoms with E-state index in [1.165, 1.54) is 6.07 Å². The number of halogens is 1. The van der Waals surface area contributed by atoms with Gasteiger partial charge in [0.05, 0.1) is 5.92 Å². The maximum Gasteiger partial charge on any atom is 0.306 e. The molecule has 0 amide bonds. The van der Waals surface area contributed by atoms with Gasteiger partial charge in [-0.25, -0.2) is 4.39 Å². The summed E-state index contributed by atoms with van der Waals surface area (Å²) in [5, 5.41) is 8.78. The third-order valence-corrected chi connectivity index (χ3v) is 2.90. The molecule has 0 saturated carbocycles. The average molecular weight is 239 g/mol. The molecule has 1 atom stereocenters. The Labute approximate surface area is 101 Å². The van der Waals surface area contributed by atoms with E-state index in [0.717, 1.165) is 5.69 Å². The van der Waals surface area contributed by atoms with E-state index < -0.39 is 5.97 Å². The van der Waals surface area contributed by atoms with Crippen LogP contribution in [0.2, 0.25) is 0 Å². The maximum atomic E-state index is 13.1. The number of rotatable bonds is 5. The van der Waals surface area contributed by atoms with Crippen molar-refractivity contribution in [3.05, 3.63) is 29.6 Å². The fraction of sp³-hybridized carbons (Fsp3) is 0.462. The normalized spacial score (nSPS) is 12.2. The molecule has 0 fully saturated rings. The monoisotopic (exact) mass is 239 g/mol. The van der Waals surface area contributed by atoms with E-state index in [1.807, 2.05) is 11.9 Å². The zero-order valence-electron chi connectivity index (χ0n) is 10.4. The lowest BCUT2D eigenvalue weighted by atomic mass is 10.1. The molecule has 4 heteroatoms. The van der Waals surface area contributed by atoms with Crippen LogP contribution in [-0.4, -0.2) is 24.7 Å². The zero-order chi connectivity index (χ0) is 13.0. The van der Waals surface area contributed by atoms with Gasteiger partial charge in [-0.15, -0.1) is 0 Å². The SMILES string of the molecule is Cc1cc(N(C)CCC(C)C(=O)O)ccc1F. The van der Waals surface area contributed by atoms with Crippen LogP contribution in [0, 0.1) is 18.7 Å². The smallest absolute Gasteiger partial charge is 0.306 e. The lowest BCUT2D eigenvalue weighted by molar-refractivity contribution is -0.141. The lowest BCUT2D eigenvalue weighted by Gasteiger charge is -2.20. The van der Waals surface area contributed by atoms with Crippen LogP contribution in [0.5, 0.6) is 0 Å². The van der Waals surface area contributed by atoms with Gasteiger partial charge in [0, 0.05) is 19.3 Å². The second kappa shape index (κ2) is 5.66. The molecule has 0 aliphatic heterocycles. The molecule has 0 radical (unpaired) electrons. The molecule has 17 heavy (non-hydrogen) atoms. The van der Waals surface area contributed by atoms with Crippen molar-refractivity contribution in [2.75, 3.05) is 18.5 Å². The molecule has 0 heterocycles. The van der Waals surface area contributed by atoms with Gasteiger partial charge in [0.1, 0.15) is 5.82 Å². The summed E-state index contributed by atoms with van der Waals surface area (Å²) in [6, 6.07) is 4.90. The first-order valence-electron chi connectivity index (χ1n) is 5.62. The summed E-state index contributed by atoms with van der Waals surface area (Å²) in [6.07, 6.45) is 0.572. The second-order valence-corrected chi connectivity index (χ2v) is 4.38. The molecule has 0 aliphatic rings. The Morgan fingerprint density at radius 3 is 2.71 bits per heavy atom. The van der Waals surface area contributed by atoms with Crippen molar-refractivity contribution in [1.29, 1.82) is 0 Å². The Hall–Kier alpha value is -1.58. The van der Waals surface area contributed by atoms with E-state index in [9.17, 15) is 9.18 Å². The number of aryl methyl sites for hydroxylation is 1. The number of aliphatic carboxylic acids is 1. The second-order valence-electron chi connectivity index (χ2n) is 4.38. The zero-order valence-corrected chi connectivity index (χ0v) is 10.4. The van der Waals surface area contributed by atoms with Crippen LogP contribution in [0.15, 0.2) is 18.2 Å². The van der Waals surface area contributed by atoms with E-state index in [-0.39, 0.29) is 11.7 Å². The summed E-state index contributed by atoms with van der Waals surface area (Å²) in [5.41, 5.74) is 1.50. The Morgan fingerprint density at radius 2 is 2.18 bits per heavy atom. The van der Waals surface area contributed by atoms with Gasteiger partial charge in [0.15, 0.2) is 0 Å². The highest BCUT2D eigenvalue weighted by molar-refractivity contribution is 5.69. The third-order valence-electron chi connectivity index (χ3n) is 2.90. The predicted octanol–water partition coefficient (Wildman–Crippen LogP) is 2.68. The topological polar surface area (TPSA) is 40.5 Å². The molecular formula is C13H18FNO2. The highest BCUT2D eigenvalue weighted by Crippen LogP contribution is 2.18. The number of carbonyl (C=O) groups is 1. The van der Waals surface area contributed by atoms with Gasteiger partial charge in [-0.3, -0.25) is 4.79 Å². The average Bonchev–Trinajstić information content (AvgIpc) is 2.28. The molecular weight excluding hydrogens is 221 g/mol. The van der Waals surface area contributed by atoms with Crippen molar-refractivity contribution in [2.24, 2.45) is 5.92 Å². The molecule has 1 aromatic carbocycles. The maximum absolute atomic E-state index is 13.1. The summed E-state index contributed by atoms with van der Waals surface area (Å²) < 4.78 is 13.1. The van der Waals surface area contributed by atoms with Crippen LogP contribution in [0.3, 0.4) is 0 Å². The van der Waals surface area contributed by atoms with Crippen molar-refractivity contribution in [3.63, 3.8) is 0 Å². The van der Waals surface area contributed by atoms with Gasteiger partial charge in [-0.2, -0.15) is 0 Å². The number of benzene rings is 1. The molecule has 0 aromatic heterocycles. The lowest BCUT2D eigenvalue weighted by Crippen LogP contribution is -2.23. The molecule has 3 nitrogen and oxygen atoms in total. The number of hydrogen-bond donors (Lipinski definition) is 1. The standard InChI is InChI=1S/C13H18FNO2/c1-9(13(16)17)6-7-15(3)11-4-5-12(14)10(2)8-11/h4-5,8-9H,6-7H2,1-3H3,(H,16,17). The summed E-state index contributed by atoms with van der Waals surface area (Å²) in [4.78, 5) is 12.6. The number of anilines is 1. The number of hydrogen-bond acceptors (Lipinski definition) is 2. The van der Waals surface area contributed by atoms with E-state index >= 15 is 0 Å². The van der Waals surface area contributed by atoms with Crippen molar-refractivity contribution in [1.82, 2.24) is 0 Å². The minimum atomic E-state index is -0.784. The van der Waals surface area contributed by atoms with Crippen LogP contribution < -0.4 is 4.90 Å². The molecule has 94 valence electrons. The van der Waals surface area contributed by atoms with Crippen molar-refractivity contribution in [2.45, 2.75) is 20.3 Å². The van der Waals surface area contributed by atoms with Gasteiger partial charge in [-0.1, -0.05) is 6.92 Å².